The first-order valence-electron chi connectivity index (χ1n) is 3.09. The minimum Gasteiger partial charge on any atom is -0.144 e. The van der Waals surface area contributed by atoms with Gasteiger partial charge < -0.3 is 0 Å². The number of hydrogen-bond donors (Lipinski definition) is 0. The van der Waals surface area contributed by atoms with E-state index in [-0.39, 0.29) is 4.08 Å². The van der Waals surface area contributed by atoms with E-state index in [1.807, 2.05) is 35.7 Å². The molecule has 0 nitrogen and oxygen atoms in total. The molecule has 0 aliphatic heterocycles. The van der Waals surface area contributed by atoms with Crippen LogP contribution in [0.3, 0.4) is 0 Å². The minimum atomic E-state index is 0.216. The molecule has 0 aromatic rings. The zero-order valence-corrected chi connectivity index (χ0v) is 8.39. The molecule has 0 fully saturated rings. The highest BCUT2D eigenvalue weighted by Crippen LogP contribution is 2.34. The van der Waals surface area contributed by atoms with Crippen molar-refractivity contribution in [3.8, 4) is 0 Å². The molecule has 0 bridgehead atoms. The van der Waals surface area contributed by atoms with Crippen LogP contribution in [0.25, 0.3) is 0 Å². The van der Waals surface area contributed by atoms with Gasteiger partial charge in [-0.05, 0) is 19.4 Å². The van der Waals surface area contributed by atoms with Crippen molar-refractivity contribution >= 4 is 23.5 Å². The van der Waals surface area contributed by atoms with Gasteiger partial charge in [-0.15, -0.1) is 23.5 Å². The normalized spacial score (nSPS) is 12.3. The lowest BCUT2D eigenvalue weighted by Crippen LogP contribution is -2.08. The van der Waals surface area contributed by atoms with Crippen molar-refractivity contribution in [1.29, 1.82) is 0 Å². The van der Waals surface area contributed by atoms with E-state index < -0.39 is 0 Å². The summed E-state index contributed by atoms with van der Waals surface area (Å²) >= 11 is 3.68. The van der Waals surface area contributed by atoms with Crippen molar-refractivity contribution in [2.45, 2.75) is 11.0 Å². The number of rotatable bonds is 4. The Morgan fingerprint density at radius 2 is 1.80 bits per heavy atom. The molecule has 0 unspecified atom stereocenters. The molecule has 0 rings (SSSR count). The van der Waals surface area contributed by atoms with Gasteiger partial charge in [0.25, 0.3) is 0 Å². The standard InChI is InChI=1S/C8H14S2/c1-5-6-7-8(2,9-3)10-4/h5-7H,1H2,2-4H3/b7-6+. The van der Waals surface area contributed by atoms with Gasteiger partial charge in [0.05, 0.1) is 4.08 Å². The highest BCUT2D eigenvalue weighted by atomic mass is 32.2. The number of thioether (sulfide) groups is 2. The van der Waals surface area contributed by atoms with Crippen LogP contribution in [0.5, 0.6) is 0 Å². The molecular formula is C8H14S2. The third-order valence-electron chi connectivity index (χ3n) is 1.35. The van der Waals surface area contributed by atoms with Gasteiger partial charge in [0.15, 0.2) is 0 Å². The maximum absolute atomic E-state index is 3.63. The van der Waals surface area contributed by atoms with Crippen LogP contribution < -0.4 is 0 Å². The summed E-state index contributed by atoms with van der Waals surface area (Å²) in [6.07, 6.45) is 10.2. The maximum atomic E-state index is 3.63. The summed E-state index contributed by atoms with van der Waals surface area (Å²) < 4.78 is 0.216. The van der Waals surface area contributed by atoms with Crippen LogP contribution in [0, 0.1) is 0 Å². The highest BCUT2D eigenvalue weighted by Gasteiger charge is 2.15. The molecule has 2 heteroatoms. The molecule has 58 valence electrons. The van der Waals surface area contributed by atoms with Crippen molar-refractivity contribution in [1.82, 2.24) is 0 Å². The first-order valence-corrected chi connectivity index (χ1v) is 5.54. The van der Waals surface area contributed by atoms with Crippen LogP contribution in [-0.2, 0) is 0 Å². The summed E-state index contributed by atoms with van der Waals surface area (Å²) in [5, 5.41) is 0. The molecule has 0 saturated heterocycles. The second-order valence-corrected chi connectivity index (χ2v) is 4.79. The lowest BCUT2D eigenvalue weighted by Gasteiger charge is -2.19. The Hall–Kier alpha value is 0.180. The molecular weight excluding hydrogens is 160 g/mol. The number of allylic oxidation sites excluding steroid dienone is 2. The van der Waals surface area contributed by atoms with Gasteiger partial charge in [0.1, 0.15) is 0 Å². The molecule has 0 aliphatic carbocycles. The first-order chi connectivity index (χ1) is 4.68. The van der Waals surface area contributed by atoms with Crippen molar-refractivity contribution < 1.29 is 0 Å². The van der Waals surface area contributed by atoms with Gasteiger partial charge in [-0.1, -0.05) is 24.8 Å². The Bertz CT molecular complexity index is 123. The zero-order chi connectivity index (χ0) is 8.04. The maximum Gasteiger partial charge on any atom is 0.0760 e. The molecule has 0 aliphatic rings. The molecule has 0 heterocycles. The SMILES string of the molecule is C=C/C=C/C(C)(SC)SC. The van der Waals surface area contributed by atoms with E-state index in [1.54, 1.807) is 0 Å². The largest absolute Gasteiger partial charge is 0.144 e. The Morgan fingerprint density at radius 1 is 1.30 bits per heavy atom. The van der Waals surface area contributed by atoms with Crippen LogP contribution in [-0.4, -0.2) is 16.6 Å². The smallest absolute Gasteiger partial charge is 0.0760 e. The predicted molar refractivity (Wildman–Crippen MR) is 54.8 cm³/mol. The van der Waals surface area contributed by atoms with Gasteiger partial charge in [0, 0.05) is 0 Å². The third-order valence-corrected chi connectivity index (χ3v) is 4.24. The Morgan fingerprint density at radius 3 is 2.10 bits per heavy atom. The van der Waals surface area contributed by atoms with Crippen molar-refractivity contribution in [2.24, 2.45) is 0 Å². The Labute approximate surface area is 72.2 Å². The van der Waals surface area contributed by atoms with Crippen LogP contribution in [0.2, 0.25) is 0 Å². The zero-order valence-electron chi connectivity index (χ0n) is 6.76. The quantitative estimate of drug-likeness (QED) is 0.474. The topological polar surface area (TPSA) is 0 Å². The average molecular weight is 174 g/mol. The summed E-state index contributed by atoms with van der Waals surface area (Å²) in [5.74, 6) is 0. The summed E-state index contributed by atoms with van der Waals surface area (Å²) in [5.41, 5.74) is 0. The van der Waals surface area contributed by atoms with E-state index in [4.69, 9.17) is 0 Å². The number of hydrogen-bond acceptors (Lipinski definition) is 2. The van der Waals surface area contributed by atoms with Crippen LogP contribution in [0.4, 0.5) is 0 Å². The fourth-order valence-corrected chi connectivity index (χ4v) is 1.56. The fourth-order valence-electron chi connectivity index (χ4n) is 0.462. The molecule has 0 atom stereocenters. The van der Waals surface area contributed by atoms with Crippen molar-refractivity contribution in [3.05, 3.63) is 24.8 Å². The van der Waals surface area contributed by atoms with Crippen molar-refractivity contribution in [2.75, 3.05) is 12.5 Å². The van der Waals surface area contributed by atoms with Crippen LogP contribution in [0.15, 0.2) is 24.8 Å². The molecule has 10 heavy (non-hydrogen) atoms. The van der Waals surface area contributed by atoms with Gasteiger partial charge in [-0.25, -0.2) is 0 Å². The van der Waals surface area contributed by atoms with Gasteiger partial charge in [-0.2, -0.15) is 0 Å². The summed E-state index contributed by atoms with van der Waals surface area (Å²) in [6, 6.07) is 0. The van der Waals surface area contributed by atoms with Gasteiger partial charge in [-0.3, -0.25) is 0 Å². The van der Waals surface area contributed by atoms with E-state index >= 15 is 0 Å². The van der Waals surface area contributed by atoms with Gasteiger partial charge >= 0.3 is 0 Å². The predicted octanol–water partition coefficient (Wildman–Crippen LogP) is 3.17. The summed E-state index contributed by atoms with van der Waals surface area (Å²) in [7, 11) is 0. The molecule has 0 saturated carbocycles. The molecule has 0 aromatic heterocycles. The lowest BCUT2D eigenvalue weighted by atomic mass is 10.4. The molecule has 0 aromatic carbocycles. The van der Waals surface area contributed by atoms with E-state index in [0.717, 1.165) is 0 Å². The highest BCUT2D eigenvalue weighted by molar-refractivity contribution is 8.17. The third kappa shape index (κ3) is 3.37. The van der Waals surface area contributed by atoms with Crippen molar-refractivity contribution in [3.63, 3.8) is 0 Å². The van der Waals surface area contributed by atoms with Crippen LogP contribution in [0.1, 0.15) is 6.92 Å². The van der Waals surface area contributed by atoms with E-state index in [1.165, 1.54) is 0 Å². The summed E-state index contributed by atoms with van der Waals surface area (Å²) in [6.45, 7) is 5.82. The summed E-state index contributed by atoms with van der Waals surface area (Å²) in [4.78, 5) is 0. The Kier molecular flexibility index (Phi) is 5.00. The van der Waals surface area contributed by atoms with Gasteiger partial charge in [0.2, 0.25) is 0 Å². The lowest BCUT2D eigenvalue weighted by molar-refractivity contribution is 1.16. The minimum absolute atomic E-state index is 0.216. The second-order valence-electron chi connectivity index (χ2n) is 2.02. The van der Waals surface area contributed by atoms with E-state index in [0.29, 0.717) is 0 Å². The van der Waals surface area contributed by atoms with Crippen LogP contribution >= 0.6 is 23.5 Å². The molecule has 0 N–H and O–H groups in total. The molecule has 0 spiro atoms. The fraction of sp³-hybridized carbons (Fsp3) is 0.500. The average Bonchev–Trinajstić information content (AvgIpc) is 2.00. The van der Waals surface area contributed by atoms with E-state index in [9.17, 15) is 0 Å². The second kappa shape index (κ2) is 4.91. The Balaban J connectivity index is 4.04. The first kappa shape index (κ1) is 10.2. The monoisotopic (exact) mass is 174 g/mol. The van der Waals surface area contributed by atoms with E-state index in [2.05, 4.69) is 32.1 Å². The molecule has 0 radical (unpaired) electrons. The molecule has 0 amide bonds.